The molecule has 0 aromatic heterocycles. The molecule has 1 aromatic rings. The summed E-state index contributed by atoms with van der Waals surface area (Å²) in [6, 6.07) is 7.73. The quantitative estimate of drug-likeness (QED) is 0.449. The van der Waals surface area contributed by atoms with E-state index in [1.165, 1.54) is 0 Å². The van der Waals surface area contributed by atoms with Crippen LogP contribution >= 0.6 is 12.6 Å². The second kappa shape index (κ2) is 2.78. The number of nitrogens with two attached hydrogens (primary N) is 1. The van der Waals surface area contributed by atoms with Gasteiger partial charge in [-0.05, 0) is 11.6 Å². The average Bonchev–Trinajstić information content (AvgIpc) is 1.89. The van der Waals surface area contributed by atoms with Gasteiger partial charge < -0.3 is 5.73 Å². The van der Waals surface area contributed by atoms with Crippen molar-refractivity contribution in [2.75, 3.05) is 5.73 Å². The van der Waals surface area contributed by atoms with Crippen molar-refractivity contribution in [3.8, 4) is 0 Å². The van der Waals surface area contributed by atoms with Crippen LogP contribution in [0.25, 0.3) is 0 Å². The fourth-order valence-electron chi connectivity index (χ4n) is 0.678. The molecule has 1 nitrogen and oxygen atoms in total. The summed E-state index contributed by atoms with van der Waals surface area (Å²) in [6.07, 6.45) is 0. The molecule has 1 aromatic carbocycles. The lowest BCUT2D eigenvalue weighted by atomic mass is 10.2. The zero-order chi connectivity index (χ0) is 6.69. The Labute approximate surface area is 60.3 Å². The van der Waals surface area contributed by atoms with Crippen molar-refractivity contribution in [2.45, 2.75) is 5.75 Å². The first-order valence-electron chi connectivity index (χ1n) is 2.79. The Morgan fingerprint density at radius 1 is 1.33 bits per heavy atom. The van der Waals surface area contributed by atoms with Crippen LogP contribution < -0.4 is 5.73 Å². The highest BCUT2D eigenvalue weighted by atomic mass is 32.1. The number of hydrogen-bond donors (Lipinski definition) is 2. The molecular weight excluding hydrogens is 130 g/mol. The Kier molecular flexibility index (Phi) is 2.01. The molecule has 9 heavy (non-hydrogen) atoms. The SMILES string of the molecule is Nc1ccccc1CS. The van der Waals surface area contributed by atoms with Gasteiger partial charge in [0.1, 0.15) is 0 Å². The Morgan fingerprint density at radius 3 is 2.44 bits per heavy atom. The van der Waals surface area contributed by atoms with Gasteiger partial charge in [0.25, 0.3) is 0 Å². The van der Waals surface area contributed by atoms with Gasteiger partial charge in [0, 0.05) is 11.4 Å². The number of benzene rings is 1. The van der Waals surface area contributed by atoms with Crippen LogP contribution in [0.5, 0.6) is 0 Å². The first kappa shape index (κ1) is 6.49. The standard InChI is InChI=1S/C7H9NS/c8-7-4-2-1-3-6(7)5-9/h1-4,9H,5,8H2. The number of rotatable bonds is 1. The molecule has 0 amide bonds. The van der Waals surface area contributed by atoms with Crippen molar-refractivity contribution in [3.63, 3.8) is 0 Å². The maximum absolute atomic E-state index is 5.58. The second-order valence-corrected chi connectivity index (χ2v) is 2.17. The molecule has 0 spiro atoms. The number of thiol groups is 1. The van der Waals surface area contributed by atoms with Gasteiger partial charge in [-0.2, -0.15) is 12.6 Å². The van der Waals surface area contributed by atoms with E-state index in [-0.39, 0.29) is 0 Å². The van der Waals surface area contributed by atoms with Crippen LogP contribution in [0.2, 0.25) is 0 Å². The molecule has 0 aliphatic rings. The fourth-order valence-corrected chi connectivity index (χ4v) is 0.966. The largest absolute Gasteiger partial charge is 0.398 e. The molecule has 0 saturated heterocycles. The van der Waals surface area contributed by atoms with E-state index in [2.05, 4.69) is 12.6 Å². The van der Waals surface area contributed by atoms with Gasteiger partial charge in [-0.25, -0.2) is 0 Å². The molecule has 2 heteroatoms. The van der Waals surface area contributed by atoms with Crippen LogP contribution in [-0.2, 0) is 5.75 Å². The fraction of sp³-hybridized carbons (Fsp3) is 0.143. The smallest absolute Gasteiger partial charge is 0.0354 e. The van der Waals surface area contributed by atoms with Crippen LogP contribution in [0.15, 0.2) is 24.3 Å². The van der Waals surface area contributed by atoms with Gasteiger partial charge in [-0.1, -0.05) is 18.2 Å². The average molecular weight is 139 g/mol. The van der Waals surface area contributed by atoms with Gasteiger partial charge in [-0.15, -0.1) is 0 Å². The summed E-state index contributed by atoms with van der Waals surface area (Å²) in [5, 5.41) is 0. The van der Waals surface area contributed by atoms with E-state index < -0.39 is 0 Å². The van der Waals surface area contributed by atoms with Crippen LogP contribution in [0.4, 0.5) is 5.69 Å². The van der Waals surface area contributed by atoms with Crippen molar-refractivity contribution in [1.29, 1.82) is 0 Å². The highest BCUT2D eigenvalue weighted by Gasteiger charge is 1.90. The van der Waals surface area contributed by atoms with Gasteiger partial charge >= 0.3 is 0 Å². The topological polar surface area (TPSA) is 26.0 Å². The van der Waals surface area contributed by atoms with E-state index in [4.69, 9.17) is 5.73 Å². The van der Waals surface area contributed by atoms with Gasteiger partial charge in [0.05, 0.1) is 0 Å². The van der Waals surface area contributed by atoms with E-state index in [9.17, 15) is 0 Å². The summed E-state index contributed by atoms with van der Waals surface area (Å²) >= 11 is 4.10. The highest BCUT2D eigenvalue weighted by molar-refractivity contribution is 7.79. The predicted octanol–water partition coefficient (Wildman–Crippen LogP) is 1.70. The summed E-state index contributed by atoms with van der Waals surface area (Å²) in [4.78, 5) is 0. The molecule has 0 aliphatic carbocycles. The highest BCUT2D eigenvalue weighted by Crippen LogP contribution is 2.11. The van der Waals surface area contributed by atoms with Crippen LogP contribution in [0.3, 0.4) is 0 Å². The zero-order valence-corrected chi connectivity index (χ0v) is 5.94. The molecule has 0 fully saturated rings. The maximum atomic E-state index is 5.58. The summed E-state index contributed by atoms with van der Waals surface area (Å²) in [7, 11) is 0. The molecule has 1 rings (SSSR count). The molecule has 0 saturated carbocycles. The Hall–Kier alpha value is -0.630. The Morgan fingerprint density at radius 2 is 2.00 bits per heavy atom. The van der Waals surface area contributed by atoms with Gasteiger partial charge in [0.2, 0.25) is 0 Å². The minimum absolute atomic E-state index is 0.715. The second-order valence-electron chi connectivity index (χ2n) is 1.86. The van der Waals surface area contributed by atoms with Crippen molar-refractivity contribution in [2.24, 2.45) is 0 Å². The Balaban J connectivity index is 3.01. The lowest BCUT2D eigenvalue weighted by molar-refractivity contribution is 1.43. The lowest BCUT2D eigenvalue weighted by Crippen LogP contribution is -1.89. The third-order valence-corrected chi connectivity index (χ3v) is 1.57. The molecule has 2 N–H and O–H groups in total. The first-order chi connectivity index (χ1) is 4.34. The summed E-state index contributed by atoms with van der Waals surface area (Å²) in [5.41, 5.74) is 7.51. The third-order valence-electron chi connectivity index (χ3n) is 1.23. The van der Waals surface area contributed by atoms with Crippen molar-refractivity contribution in [1.82, 2.24) is 0 Å². The van der Waals surface area contributed by atoms with Gasteiger partial charge in [-0.3, -0.25) is 0 Å². The van der Waals surface area contributed by atoms with E-state index in [1.54, 1.807) is 0 Å². The van der Waals surface area contributed by atoms with Crippen LogP contribution in [0.1, 0.15) is 5.56 Å². The monoisotopic (exact) mass is 139 g/mol. The predicted molar refractivity (Wildman–Crippen MR) is 43.5 cm³/mol. The van der Waals surface area contributed by atoms with Crippen LogP contribution in [-0.4, -0.2) is 0 Å². The lowest BCUT2D eigenvalue weighted by Gasteiger charge is -1.98. The molecule has 0 bridgehead atoms. The van der Waals surface area contributed by atoms with Crippen molar-refractivity contribution >= 4 is 18.3 Å². The Bertz CT molecular complexity index is 198. The molecule has 48 valence electrons. The van der Waals surface area contributed by atoms with E-state index >= 15 is 0 Å². The molecule has 0 atom stereocenters. The number of anilines is 1. The number of para-hydroxylation sites is 1. The maximum Gasteiger partial charge on any atom is 0.0354 e. The molecular formula is C7H9NS. The van der Waals surface area contributed by atoms with Crippen molar-refractivity contribution in [3.05, 3.63) is 29.8 Å². The van der Waals surface area contributed by atoms with E-state index in [0.717, 1.165) is 11.3 Å². The third kappa shape index (κ3) is 1.39. The van der Waals surface area contributed by atoms with Crippen molar-refractivity contribution < 1.29 is 0 Å². The minimum atomic E-state index is 0.715. The minimum Gasteiger partial charge on any atom is -0.398 e. The number of hydrogen-bond acceptors (Lipinski definition) is 2. The molecule has 0 heterocycles. The van der Waals surface area contributed by atoms with Crippen LogP contribution in [0, 0.1) is 0 Å². The normalized spacial score (nSPS) is 9.44. The van der Waals surface area contributed by atoms with E-state index in [0.29, 0.717) is 5.75 Å². The molecule has 0 unspecified atom stereocenters. The zero-order valence-electron chi connectivity index (χ0n) is 5.04. The summed E-state index contributed by atoms with van der Waals surface area (Å²) in [6.45, 7) is 0. The first-order valence-corrected chi connectivity index (χ1v) is 3.42. The molecule has 0 radical (unpaired) electrons. The number of nitrogen functional groups attached to an aromatic ring is 1. The summed E-state index contributed by atoms with van der Waals surface area (Å²) in [5.74, 6) is 0.715. The van der Waals surface area contributed by atoms with E-state index in [1.807, 2.05) is 24.3 Å². The molecule has 0 aliphatic heterocycles. The van der Waals surface area contributed by atoms with Gasteiger partial charge in [0.15, 0.2) is 0 Å². The summed E-state index contributed by atoms with van der Waals surface area (Å²) < 4.78 is 0.